The molecule has 3 heterocycles. The van der Waals surface area contributed by atoms with E-state index in [2.05, 4.69) is 4.98 Å². The van der Waals surface area contributed by atoms with E-state index in [1.165, 1.54) is 4.90 Å². The zero-order chi connectivity index (χ0) is 20.1. The van der Waals surface area contributed by atoms with Crippen molar-refractivity contribution in [2.24, 2.45) is 0 Å². The fourth-order valence-corrected chi connectivity index (χ4v) is 3.89. The number of carbonyl (C=O) groups is 1. The largest absolute Gasteiger partial charge is 0.450 e. The Hall–Kier alpha value is -3.44. The monoisotopic (exact) mass is 402 g/mol. The summed E-state index contributed by atoms with van der Waals surface area (Å²) >= 11 is 6.06. The van der Waals surface area contributed by atoms with Gasteiger partial charge in [-0.05, 0) is 54.4 Å². The van der Waals surface area contributed by atoms with Crippen molar-refractivity contribution in [3.63, 3.8) is 0 Å². The number of para-hydroxylation sites is 1. The van der Waals surface area contributed by atoms with Gasteiger partial charge in [0.2, 0.25) is 5.76 Å². The van der Waals surface area contributed by atoms with Crippen molar-refractivity contribution < 1.29 is 9.21 Å². The molecule has 142 valence electrons. The van der Waals surface area contributed by atoms with Gasteiger partial charge in [0.15, 0.2) is 5.43 Å². The summed E-state index contributed by atoms with van der Waals surface area (Å²) in [6.07, 6.45) is 1.64. The minimum Gasteiger partial charge on any atom is -0.450 e. The van der Waals surface area contributed by atoms with Gasteiger partial charge in [-0.3, -0.25) is 14.5 Å². The highest BCUT2D eigenvalue weighted by atomic mass is 35.5. The van der Waals surface area contributed by atoms with Gasteiger partial charge in [0.1, 0.15) is 11.4 Å². The van der Waals surface area contributed by atoms with E-state index in [0.717, 1.165) is 11.1 Å². The molecule has 5 rings (SSSR count). The van der Waals surface area contributed by atoms with Crippen LogP contribution in [0.25, 0.3) is 11.0 Å². The molecule has 0 fully saturated rings. The first-order valence-electron chi connectivity index (χ1n) is 9.12. The molecule has 2 aromatic carbocycles. The van der Waals surface area contributed by atoms with Crippen LogP contribution in [-0.4, -0.2) is 10.9 Å². The number of anilines is 1. The van der Waals surface area contributed by atoms with E-state index in [0.29, 0.717) is 27.4 Å². The molecule has 0 saturated heterocycles. The molecule has 2 aromatic heterocycles. The van der Waals surface area contributed by atoms with Gasteiger partial charge in [0.25, 0.3) is 5.91 Å². The van der Waals surface area contributed by atoms with Crippen molar-refractivity contribution in [3.05, 3.63) is 105 Å². The fourth-order valence-electron chi connectivity index (χ4n) is 3.77. The Morgan fingerprint density at radius 1 is 1.03 bits per heavy atom. The van der Waals surface area contributed by atoms with Crippen molar-refractivity contribution in [1.82, 2.24) is 4.98 Å². The normalized spacial score (nSPS) is 15.7. The lowest BCUT2D eigenvalue weighted by atomic mass is 9.98. The number of rotatable bonds is 2. The predicted molar refractivity (Wildman–Crippen MR) is 112 cm³/mol. The van der Waals surface area contributed by atoms with Gasteiger partial charge in [0, 0.05) is 11.2 Å². The maximum absolute atomic E-state index is 13.4. The predicted octanol–water partition coefficient (Wildman–Crippen LogP) is 4.90. The average Bonchev–Trinajstić information content (AvgIpc) is 3.02. The van der Waals surface area contributed by atoms with Crippen LogP contribution >= 0.6 is 11.6 Å². The molecular weight excluding hydrogens is 388 g/mol. The molecule has 1 aliphatic rings. The van der Waals surface area contributed by atoms with Crippen molar-refractivity contribution in [1.29, 1.82) is 0 Å². The van der Waals surface area contributed by atoms with E-state index in [1.54, 1.807) is 42.6 Å². The van der Waals surface area contributed by atoms with Crippen LogP contribution in [-0.2, 0) is 0 Å². The first-order chi connectivity index (χ1) is 14.0. The number of hydrogen-bond donors (Lipinski definition) is 0. The van der Waals surface area contributed by atoms with Crippen LogP contribution in [0.15, 0.2) is 76.1 Å². The number of benzene rings is 2. The summed E-state index contributed by atoms with van der Waals surface area (Å²) in [4.78, 5) is 32.7. The van der Waals surface area contributed by atoms with Crippen LogP contribution in [0.1, 0.15) is 33.3 Å². The topological polar surface area (TPSA) is 63.4 Å². The Morgan fingerprint density at radius 2 is 1.79 bits per heavy atom. The van der Waals surface area contributed by atoms with E-state index >= 15 is 0 Å². The maximum Gasteiger partial charge on any atom is 0.296 e. The molecular formula is C23H15ClN2O3. The summed E-state index contributed by atoms with van der Waals surface area (Å²) in [6.45, 7) is 1.92. The third-order valence-electron chi connectivity index (χ3n) is 5.11. The lowest BCUT2D eigenvalue weighted by molar-refractivity contribution is 0.0970. The molecule has 1 unspecified atom stereocenters. The number of hydrogen-bond acceptors (Lipinski definition) is 4. The Balaban J connectivity index is 1.82. The molecule has 29 heavy (non-hydrogen) atoms. The van der Waals surface area contributed by atoms with Gasteiger partial charge in [-0.1, -0.05) is 35.9 Å². The van der Waals surface area contributed by atoms with E-state index in [-0.39, 0.29) is 17.1 Å². The van der Waals surface area contributed by atoms with Crippen LogP contribution in [0.5, 0.6) is 0 Å². The third kappa shape index (κ3) is 2.74. The highest BCUT2D eigenvalue weighted by Crippen LogP contribution is 2.40. The van der Waals surface area contributed by atoms with Crippen molar-refractivity contribution in [3.8, 4) is 0 Å². The molecule has 1 aliphatic heterocycles. The van der Waals surface area contributed by atoms with Gasteiger partial charge in [-0.15, -0.1) is 0 Å². The highest BCUT2D eigenvalue weighted by Gasteiger charge is 2.44. The van der Waals surface area contributed by atoms with Gasteiger partial charge in [0.05, 0.1) is 17.0 Å². The summed E-state index contributed by atoms with van der Waals surface area (Å²) in [6, 6.07) is 17.1. The molecule has 1 atom stereocenters. The number of pyridine rings is 1. The van der Waals surface area contributed by atoms with E-state index in [9.17, 15) is 9.59 Å². The average molecular weight is 403 g/mol. The lowest BCUT2D eigenvalue weighted by Gasteiger charge is -2.24. The number of nitrogens with zero attached hydrogens (tertiary/aromatic N) is 2. The smallest absolute Gasteiger partial charge is 0.296 e. The molecule has 0 bridgehead atoms. The van der Waals surface area contributed by atoms with Crippen LogP contribution in [0.3, 0.4) is 0 Å². The highest BCUT2D eigenvalue weighted by molar-refractivity contribution is 6.30. The number of amides is 1. The van der Waals surface area contributed by atoms with Crippen LogP contribution in [0, 0.1) is 6.92 Å². The maximum atomic E-state index is 13.4. The summed E-state index contributed by atoms with van der Waals surface area (Å²) in [5.41, 5.74) is 2.20. The van der Waals surface area contributed by atoms with Crippen LogP contribution < -0.4 is 10.3 Å². The van der Waals surface area contributed by atoms with Crippen LogP contribution in [0.4, 0.5) is 5.82 Å². The van der Waals surface area contributed by atoms with Gasteiger partial charge >= 0.3 is 0 Å². The van der Waals surface area contributed by atoms with Crippen molar-refractivity contribution in [2.45, 2.75) is 13.0 Å². The molecule has 4 aromatic rings. The number of fused-ring (bicyclic) bond motifs is 2. The van der Waals surface area contributed by atoms with Crippen LogP contribution in [0.2, 0.25) is 5.02 Å². The molecule has 1 amide bonds. The summed E-state index contributed by atoms with van der Waals surface area (Å²) < 4.78 is 5.91. The zero-order valence-electron chi connectivity index (χ0n) is 15.4. The van der Waals surface area contributed by atoms with Crippen molar-refractivity contribution in [2.75, 3.05) is 4.90 Å². The first kappa shape index (κ1) is 17.6. The third-order valence-corrected chi connectivity index (χ3v) is 5.36. The summed E-state index contributed by atoms with van der Waals surface area (Å²) in [5, 5.41) is 1.01. The standard InChI is InChI=1S/C23H15ClN2O3/c1-13-10-11-25-18(12-13)26-20(14-6-8-15(24)9-7-14)19-21(27)16-4-2-3-5-17(16)29-22(19)23(26)28/h2-12,20H,1H3. The Kier molecular flexibility index (Phi) is 4.00. The Bertz CT molecular complexity index is 1330. The Morgan fingerprint density at radius 3 is 2.55 bits per heavy atom. The summed E-state index contributed by atoms with van der Waals surface area (Å²) in [5.74, 6) is 0.127. The first-order valence-corrected chi connectivity index (χ1v) is 9.50. The zero-order valence-corrected chi connectivity index (χ0v) is 16.2. The van der Waals surface area contributed by atoms with Gasteiger partial charge in [-0.25, -0.2) is 4.98 Å². The van der Waals surface area contributed by atoms with Gasteiger partial charge < -0.3 is 4.42 Å². The quantitative estimate of drug-likeness (QED) is 0.478. The number of aryl methyl sites for hydroxylation is 1. The number of carbonyl (C=O) groups excluding carboxylic acids is 1. The molecule has 0 radical (unpaired) electrons. The second kappa shape index (κ2) is 6.57. The van der Waals surface area contributed by atoms with Crippen molar-refractivity contribution >= 4 is 34.3 Å². The molecule has 0 spiro atoms. The Labute approximate surface area is 171 Å². The fraction of sp³-hybridized carbons (Fsp3) is 0.0870. The molecule has 6 heteroatoms. The second-order valence-corrected chi connectivity index (χ2v) is 7.43. The molecule has 0 N–H and O–H groups in total. The lowest BCUT2D eigenvalue weighted by Crippen LogP contribution is -2.30. The molecule has 5 nitrogen and oxygen atoms in total. The van der Waals surface area contributed by atoms with E-state index in [4.69, 9.17) is 16.0 Å². The summed E-state index contributed by atoms with van der Waals surface area (Å²) in [7, 11) is 0. The van der Waals surface area contributed by atoms with Gasteiger partial charge in [-0.2, -0.15) is 0 Å². The number of halogens is 1. The SMILES string of the molecule is Cc1ccnc(N2C(=O)c3oc4ccccc4c(=O)c3C2c2ccc(Cl)cc2)c1. The molecule has 0 aliphatic carbocycles. The minimum absolute atomic E-state index is 0.0527. The molecule has 0 saturated carbocycles. The minimum atomic E-state index is -0.648. The number of aromatic nitrogens is 1. The van der Waals surface area contributed by atoms with E-state index in [1.807, 2.05) is 31.2 Å². The van der Waals surface area contributed by atoms with E-state index < -0.39 is 6.04 Å². The second-order valence-electron chi connectivity index (χ2n) is 6.99.